The monoisotopic (exact) mass is 351 g/mol. The third-order valence-corrected chi connectivity index (χ3v) is 5.02. The lowest BCUT2D eigenvalue weighted by Crippen LogP contribution is -2.40. The second kappa shape index (κ2) is 6.88. The molecule has 1 aliphatic carbocycles. The predicted molar refractivity (Wildman–Crippen MR) is 96.9 cm³/mol. The Morgan fingerprint density at radius 3 is 2.50 bits per heavy atom. The quantitative estimate of drug-likeness (QED) is 0.914. The fourth-order valence-corrected chi connectivity index (χ4v) is 3.60. The molecule has 1 aromatic heterocycles. The number of aryl methyl sites for hydroxylation is 2. The van der Waals surface area contributed by atoms with E-state index in [-0.39, 0.29) is 5.91 Å². The van der Waals surface area contributed by atoms with Crippen LogP contribution in [0.15, 0.2) is 30.3 Å². The third-order valence-electron chi connectivity index (χ3n) is 5.02. The number of nitrogens with zero attached hydrogens (tertiary/aromatic N) is 2. The summed E-state index contributed by atoms with van der Waals surface area (Å²) in [7, 11) is 0. The summed E-state index contributed by atoms with van der Waals surface area (Å²) in [4.78, 5) is 30.9. The molecule has 26 heavy (non-hydrogen) atoms. The number of primary amides is 1. The Labute approximate surface area is 152 Å². The minimum absolute atomic E-state index is 0.00288. The summed E-state index contributed by atoms with van der Waals surface area (Å²) < 4.78 is 5.29. The highest BCUT2D eigenvalue weighted by Gasteiger charge is 2.21. The summed E-state index contributed by atoms with van der Waals surface area (Å²) in [5, 5.41) is 0. The van der Waals surface area contributed by atoms with Crippen molar-refractivity contribution in [3.63, 3.8) is 0 Å². The van der Waals surface area contributed by atoms with Crippen LogP contribution in [0.25, 0.3) is 11.3 Å². The van der Waals surface area contributed by atoms with Gasteiger partial charge in [0.05, 0.1) is 24.5 Å². The number of ether oxygens (including phenoxy) is 1. The van der Waals surface area contributed by atoms with Crippen LogP contribution >= 0.6 is 0 Å². The zero-order valence-corrected chi connectivity index (χ0v) is 14.5. The lowest BCUT2D eigenvalue weighted by molar-refractivity contribution is 0.0303. The molecule has 0 saturated carbocycles. The summed E-state index contributed by atoms with van der Waals surface area (Å²) in [6.45, 7) is 2.37. The van der Waals surface area contributed by atoms with Crippen molar-refractivity contribution in [2.24, 2.45) is 5.73 Å². The van der Waals surface area contributed by atoms with Crippen molar-refractivity contribution in [2.75, 3.05) is 26.3 Å². The number of carbonyl (C=O) groups excluding carboxylic acids is 2. The zero-order chi connectivity index (χ0) is 18.1. The molecule has 2 aromatic rings. The minimum Gasteiger partial charge on any atom is -0.378 e. The molecule has 2 N–H and O–H groups in total. The van der Waals surface area contributed by atoms with Gasteiger partial charge in [-0.3, -0.25) is 14.6 Å². The van der Waals surface area contributed by atoms with Crippen LogP contribution in [0.3, 0.4) is 0 Å². The van der Waals surface area contributed by atoms with E-state index >= 15 is 0 Å². The molecule has 0 radical (unpaired) electrons. The Hall–Kier alpha value is -2.73. The molecule has 134 valence electrons. The Balaban J connectivity index is 1.65. The Kier molecular flexibility index (Phi) is 4.42. The number of rotatable bonds is 3. The van der Waals surface area contributed by atoms with Gasteiger partial charge in [0.1, 0.15) is 0 Å². The van der Waals surface area contributed by atoms with E-state index in [0.717, 1.165) is 36.1 Å². The standard InChI is InChI=1S/C20H21N3O3/c21-19(24)16-12-15-2-1-3-17(15)22-18(16)13-4-6-14(7-5-13)20(25)23-8-10-26-11-9-23/h4-7,12H,1-3,8-11H2,(H2,21,24). The number of hydrogen-bond acceptors (Lipinski definition) is 4. The molecule has 0 bridgehead atoms. The Morgan fingerprint density at radius 1 is 1.08 bits per heavy atom. The van der Waals surface area contributed by atoms with Gasteiger partial charge in [-0.15, -0.1) is 0 Å². The third kappa shape index (κ3) is 3.08. The van der Waals surface area contributed by atoms with Gasteiger partial charge in [-0.25, -0.2) is 0 Å². The van der Waals surface area contributed by atoms with Gasteiger partial charge in [0, 0.05) is 29.9 Å². The highest BCUT2D eigenvalue weighted by molar-refractivity contribution is 5.99. The maximum atomic E-state index is 12.6. The number of fused-ring (bicyclic) bond motifs is 1. The largest absolute Gasteiger partial charge is 0.378 e. The van der Waals surface area contributed by atoms with Crippen LogP contribution in [-0.4, -0.2) is 48.0 Å². The van der Waals surface area contributed by atoms with Crippen LogP contribution in [0.4, 0.5) is 0 Å². The van der Waals surface area contributed by atoms with Crippen molar-refractivity contribution < 1.29 is 14.3 Å². The first-order valence-electron chi connectivity index (χ1n) is 8.93. The predicted octanol–water partition coefficient (Wildman–Crippen LogP) is 1.81. The molecule has 4 rings (SSSR count). The lowest BCUT2D eigenvalue weighted by Gasteiger charge is -2.26. The molecule has 2 heterocycles. The number of carbonyl (C=O) groups is 2. The number of amides is 2. The van der Waals surface area contributed by atoms with Crippen molar-refractivity contribution in [3.05, 3.63) is 52.7 Å². The number of nitrogens with two attached hydrogens (primary N) is 1. The van der Waals surface area contributed by atoms with Crippen molar-refractivity contribution >= 4 is 11.8 Å². The van der Waals surface area contributed by atoms with E-state index in [1.807, 2.05) is 18.2 Å². The highest BCUT2D eigenvalue weighted by atomic mass is 16.5. The fourth-order valence-electron chi connectivity index (χ4n) is 3.60. The summed E-state index contributed by atoms with van der Waals surface area (Å²) in [6.07, 6.45) is 2.92. The molecule has 2 amide bonds. The number of morpholine rings is 1. The SMILES string of the molecule is NC(=O)c1cc2c(nc1-c1ccc(C(=O)N3CCOCC3)cc1)CCC2. The van der Waals surface area contributed by atoms with Crippen LogP contribution in [-0.2, 0) is 17.6 Å². The topological polar surface area (TPSA) is 85.5 Å². The molecular weight excluding hydrogens is 330 g/mol. The van der Waals surface area contributed by atoms with E-state index in [9.17, 15) is 9.59 Å². The fraction of sp³-hybridized carbons (Fsp3) is 0.350. The molecule has 0 unspecified atom stereocenters. The van der Waals surface area contributed by atoms with Crippen molar-refractivity contribution in [2.45, 2.75) is 19.3 Å². The van der Waals surface area contributed by atoms with Crippen LogP contribution in [0.2, 0.25) is 0 Å². The highest BCUT2D eigenvalue weighted by Crippen LogP contribution is 2.29. The molecule has 6 nitrogen and oxygen atoms in total. The van der Waals surface area contributed by atoms with Gasteiger partial charge in [-0.2, -0.15) is 0 Å². The Bertz CT molecular complexity index is 855. The maximum absolute atomic E-state index is 12.6. The number of pyridine rings is 1. The summed E-state index contributed by atoms with van der Waals surface area (Å²) in [5.41, 5.74) is 10.2. The van der Waals surface area contributed by atoms with E-state index in [0.29, 0.717) is 43.1 Å². The van der Waals surface area contributed by atoms with E-state index in [1.165, 1.54) is 0 Å². The van der Waals surface area contributed by atoms with Crippen molar-refractivity contribution in [1.29, 1.82) is 0 Å². The van der Waals surface area contributed by atoms with Crippen molar-refractivity contribution in [3.8, 4) is 11.3 Å². The molecule has 1 aliphatic heterocycles. The van der Waals surface area contributed by atoms with E-state index < -0.39 is 5.91 Å². The molecule has 1 saturated heterocycles. The minimum atomic E-state index is -0.476. The van der Waals surface area contributed by atoms with Gasteiger partial charge in [0.2, 0.25) is 0 Å². The molecule has 1 fully saturated rings. The molecule has 2 aliphatic rings. The van der Waals surface area contributed by atoms with Gasteiger partial charge in [0.25, 0.3) is 11.8 Å². The average molecular weight is 351 g/mol. The average Bonchev–Trinajstić information content (AvgIpc) is 3.15. The Morgan fingerprint density at radius 2 is 1.81 bits per heavy atom. The molecule has 0 spiro atoms. The summed E-state index contributed by atoms with van der Waals surface area (Å²) >= 11 is 0. The smallest absolute Gasteiger partial charge is 0.254 e. The lowest BCUT2D eigenvalue weighted by atomic mass is 10.0. The summed E-state index contributed by atoms with van der Waals surface area (Å²) in [6, 6.07) is 9.12. The van der Waals surface area contributed by atoms with Crippen LogP contribution < -0.4 is 5.73 Å². The summed E-state index contributed by atoms with van der Waals surface area (Å²) in [5.74, 6) is -0.479. The van der Waals surface area contributed by atoms with Crippen LogP contribution in [0, 0.1) is 0 Å². The van der Waals surface area contributed by atoms with Crippen molar-refractivity contribution in [1.82, 2.24) is 9.88 Å². The van der Waals surface area contributed by atoms with Gasteiger partial charge >= 0.3 is 0 Å². The normalized spacial score (nSPS) is 16.4. The second-order valence-corrected chi connectivity index (χ2v) is 6.69. The van der Waals surface area contributed by atoms with Crippen LogP contribution in [0.1, 0.15) is 38.4 Å². The first kappa shape index (κ1) is 16.7. The van der Waals surface area contributed by atoms with Gasteiger partial charge < -0.3 is 15.4 Å². The molecule has 0 atom stereocenters. The van der Waals surface area contributed by atoms with Gasteiger partial charge in [0.15, 0.2) is 0 Å². The maximum Gasteiger partial charge on any atom is 0.254 e. The van der Waals surface area contributed by atoms with Gasteiger partial charge in [-0.05, 0) is 43.0 Å². The first-order chi connectivity index (χ1) is 12.6. The number of benzene rings is 1. The van der Waals surface area contributed by atoms with Gasteiger partial charge in [-0.1, -0.05) is 12.1 Å². The van der Waals surface area contributed by atoms with E-state index in [2.05, 4.69) is 0 Å². The molecule has 6 heteroatoms. The number of aromatic nitrogens is 1. The second-order valence-electron chi connectivity index (χ2n) is 6.69. The zero-order valence-electron chi connectivity index (χ0n) is 14.5. The molecule has 1 aromatic carbocycles. The number of hydrogen-bond donors (Lipinski definition) is 1. The van der Waals surface area contributed by atoms with E-state index in [4.69, 9.17) is 15.5 Å². The van der Waals surface area contributed by atoms with Crippen LogP contribution in [0.5, 0.6) is 0 Å². The van der Waals surface area contributed by atoms with E-state index in [1.54, 1.807) is 17.0 Å². The molecular formula is C20H21N3O3. The first-order valence-corrected chi connectivity index (χ1v) is 8.93.